The first-order valence-corrected chi connectivity index (χ1v) is 5.32. The van der Waals surface area contributed by atoms with Crippen molar-refractivity contribution in [1.82, 2.24) is 0 Å². The zero-order chi connectivity index (χ0) is 12.3. The number of hydrogen-bond donors (Lipinski definition) is 1. The molecule has 0 fully saturated rings. The highest BCUT2D eigenvalue weighted by molar-refractivity contribution is 5.84. The summed E-state index contributed by atoms with van der Waals surface area (Å²) in [5, 5.41) is 9.21. The summed E-state index contributed by atoms with van der Waals surface area (Å²) in [6.07, 6.45) is 0.555. The predicted octanol–water partition coefficient (Wildman–Crippen LogP) is 1.91. The molecule has 0 unspecified atom stereocenters. The van der Waals surface area contributed by atoms with Gasteiger partial charge >= 0.3 is 0 Å². The van der Waals surface area contributed by atoms with Gasteiger partial charge in [0.05, 0.1) is 12.7 Å². The van der Waals surface area contributed by atoms with Crippen LogP contribution in [0.3, 0.4) is 0 Å². The van der Waals surface area contributed by atoms with Crippen molar-refractivity contribution in [2.24, 2.45) is 10.7 Å². The fraction of sp³-hybridized carbons (Fsp3) is 0.231. The third kappa shape index (κ3) is 2.13. The minimum absolute atomic E-state index is 0.0614. The number of hydrogen-bond acceptors (Lipinski definition) is 4. The molecule has 2 rings (SSSR count). The molecular formula is C13H13N3O. The Balaban J connectivity index is 2.47. The maximum absolute atomic E-state index is 9.21. The van der Waals surface area contributed by atoms with Gasteiger partial charge in [-0.15, -0.1) is 0 Å². The molecule has 0 saturated heterocycles. The van der Waals surface area contributed by atoms with Crippen molar-refractivity contribution in [1.29, 1.82) is 5.26 Å². The van der Waals surface area contributed by atoms with Gasteiger partial charge in [0.2, 0.25) is 5.88 Å². The van der Waals surface area contributed by atoms with Crippen LogP contribution in [0.5, 0.6) is 0 Å². The van der Waals surface area contributed by atoms with Crippen molar-refractivity contribution < 1.29 is 4.74 Å². The molecule has 0 saturated carbocycles. The van der Waals surface area contributed by atoms with Crippen LogP contribution in [-0.2, 0) is 4.74 Å². The lowest BCUT2D eigenvalue weighted by molar-refractivity contribution is 0.280. The highest BCUT2D eigenvalue weighted by Gasteiger charge is 2.26. The molecule has 4 nitrogen and oxygen atoms in total. The zero-order valence-corrected chi connectivity index (χ0v) is 9.55. The molecule has 1 heterocycles. The van der Waals surface area contributed by atoms with Gasteiger partial charge < -0.3 is 10.5 Å². The topological polar surface area (TPSA) is 71.4 Å². The van der Waals surface area contributed by atoms with E-state index in [1.165, 1.54) is 7.11 Å². The van der Waals surface area contributed by atoms with Crippen molar-refractivity contribution in [2.45, 2.75) is 12.3 Å². The lowest BCUT2D eigenvalue weighted by Crippen LogP contribution is -2.22. The van der Waals surface area contributed by atoms with E-state index >= 15 is 0 Å². The maximum Gasteiger partial charge on any atom is 0.229 e. The fourth-order valence-electron chi connectivity index (χ4n) is 1.95. The van der Waals surface area contributed by atoms with Gasteiger partial charge in [0.1, 0.15) is 11.9 Å². The van der Waals surface area contributed by atoms with Crippen LogP contribution in [-0.4, -0.2) is 12.9 Å². The molecule has 86 valence electrons. The van der Waals surface area contributed by atoms with Crippen molar-refractivity contribution in [2.75, 3.05) is 7.11 Å². The molecule has 0 bridgehead atoms. The standard InChI is InChI=1S/C13H13N3O/c1-17-13-11(8-14)10(7-12(15)16-13)9-5-3-2-4-6-9/h2-6,10H,7H2,1H3,(H2,15,16)/t10-/m1/s1. The number of nitrogens with two attached hydrogens (primary N) is 1. The van der Waals surface area contributed by atoms with Crippen LogP contribution < -0.4 is 5.73 Å². The molecular weight excluding hydrogens is 214 g/mol. The molecule has 2 N–H and O–H groups in total. The van der Waals surface area contributed by atoms with E-state index in [0.29, 0.717) is 23.7 Å². The number of nitriles is 1. The summed E-state index contributed by atoms with van der Waals surface area (Å²) in [5.41, 5.74) is 7.36. The molecule has 4 heteroatoms. The summed E-state index contributed by atoms with van der Waals surface area (Å²) in [5.74, 6) is 0.758. The predicted molar refractivity (Wildman–Crippen MR) is 65.1 cm³/mol. The second-order valence-electron chi connectivity index (χ2n) is 3.81. The number of benzene rings is 1. The molecule has 0 spiro atoms. The van der Waals surface area contributed by atoms with Gasteiger partial charge in [-0.05, 0) is 5.56 Å². The number of amidine groups is 1. The zero-order valence-electron chi connectivity index (χ0n) is 9.55. The van der Waals surface area contributed by atoms with Gasteiger partial charge in [0.25, 0.3) is 0 Å². The second kappa shape index (κ2) is 4.71. The van der Waals surface area contributed by atoms with E-state index < -0.39 is 0 Å². The van der Waals surface area contributed by atoms with Crippen LogP contribution >= 0.6 is 0 Å². The Morgan fingerprint density at radius 3 is 2.71 bits per heavy atom. The van der Waals surface area contributed by atoms with Crippen LogP contribution in [0.15, 0.2) is 46.8 Å². The summed E-state index contributed by atoms with van der Waals surface area (Å²) in [6, 6.07) is 12.0. The van der Waals surface area contributed by atoms with E-state index in [1.807, 2.05) is 30.3 Å². The Bertz CT molecular complexity index is 511. The Morgan fingerprint density at radius 2 is 2.12 bits per heavy atom. The quantitative estimate of drug-likeness (QED) is 0.838. The number of aliphatic imine (C=N–C) groups is 1. The third-order valence-electron chi connectivity index (χ3n) is 2.75. The SMILES string of the molecule is COC1=C(C#N)[C@@H](c2ccccc2)CC(N)=N1. The number of methoxy groups -OCH3 is 1. The van der Waals surface area contributed by atoms with Crippen LogP contribution in [0, 0.1) is 11.3 Å². The summed E-state index contributed by atoms with van der Waals surface area (Å²) in [6.45, 7) is 0. The van der Waals surface area contributed by atoms with E-state index in [2.05, 4.69) is 11.1 Å². The van der Waals surface area contributed by atoms with Crippen molar-refractivity contribution in [3.8, 4) is 6.07 Å². The molecule has 1 aromatic carbocycles. The normalized spacial score (nSPS) is 19.5. The Morgan fingerprint density at radius 1 is 1.41 bits per heavy atom. The second-order valence-corrected chi connectivity index (χ2v) is 3.81. The van der Waals surface area contributed by atoms with Crippen LogP contribution in [0.2, 0.25) is 0 Å². The first-order valence-electron chi connectivity index (χ1n) is 5.32. The van der Waals surface area contributed by atoms with Gasteiger partial charge in [0.15, 0.2) is 0 Å². The number of rotatable bonds is 2. The Kier molecular flexibility index (Phi) is 3.10. The molecule has 0 amide bonds. The summed E-state index contributed by atoms with van der Waals surface area (Å²) in [7, 11) is 1.50. The summed E-state index contributed by atoms with van der Waals surface area (Å²) in [4.78, 5) is 4.06. The smallest absolute Gasteiger partial charge is 0.229 e. The molecule has 1 aromatic rings. The molecule has 1 atom stereocenters. The molecule has 0 aromatic heterocycles. The summed E-state index contributed by atoms with van der Waals surface area (Å²) >= 11 is 0. The monoisotopic (exact) mass is 227 g/mol. The van der Waals surface area contributed by atoms with Crippen molar-refractivity contribution in [3.63, 3.8) is 0 Å². The van der Waals surface area contributed by atoms with E-state index in [4.69, 9.17) is 10.5 Å². The van der Waals surface area contributed by atoms with Gasteiger partial charge in [0, 0.05) is 12.3 Å². The number of ether oxygens (including phenoxy) is 1. The van der Waals surface area contributed by atoms with Crippen molar-refractivity contribution >= 4 is 5.84 Å². The molecule has 1 aliphatic heterocycles. The van der Waals surface area contributed by atoms with E-state index in [1.54, 1.807) is 0 Å². The Labute approximate surface area is 100 Å². The number of allylic oxidation sites excluding steroid dienone is 1. The lowest BCUT2D eigenvalue weighted by atomic mass is 9.87. The van der Waals surface area contributed by atoms with E-state index in [9.17, 15) is 5.26 Å². The average molecular weight is 227 g/mol. The van der Waals surface area contributed by atoms with Gasteiger partial charge in [-0.1, -0.05) is 30.3 Å². The third-order valence-corrected chi connectivity index (χ3v) is 2.75. The largest absolute Gasteiger partial charge is 0.480 e. The van der Waals surface area contributed by atoms with Crippen molar-refractivity contribution in [3.05, 3.63) is 47.4 Å². The highest BCUT2D eigenvalue weighted by atomic mass is 16.5. The maximum atomic E-state index is 9.21. The Hall–Kier alpha value is -2.28. The van der Waals surface area contributed by atoms with E-state index in [-0.39, 0.29) is 5.92 Å². The van der Waals surface area contributed by atoms with Gasteiger partial charge in [-0.2, -0.15) is 5.26 Å². The fourth-order valence-corrected chi connectivity index (χ4v) is 1.95. The molecule has 17 heavy (non-hydrogen) atoms. The van der Waals surface area contributed by atoms with Crippen LogP contribution in [0.25, 0.3) is 0 Å². The first kappa shape index (κ1) is 11.2. The van der Waals surface area contributed by atoms with Gasteiger partial charge in [-0.25, -0.2) is 4.99 Å². The molecule has 0 radical (unpaired) electrons. The van der Waals surface area contributed by atoms with Crippen LogP contribution in [0.4, 0.5) is 0 Å². The van der Waals surface area contributed by atoms with E-state index in [0.717, 1.165) is 5.56 Å². The lowest BCUT2D eigenvalue weighted by Gasteiger charge is -2.21. The minimum Gasteiger partial charge on any atom is -0.480 e. The van der Waals surface area contributed by atoms with Crippen LogP contribution in [0.1, 0.15) is 17.9 Å². The number of nitrogens with zero attached hydrogens (tertiary/aromatic N) is 2. The average Bonchev–Trinajstić information content (AvgIpc) is 2.38. The summed E-state index contributed by atoms with van der Waals surface area (Å²) < 4.78 is 5.11. The van der Waals surface area contributed by atoms with Gasteiger partial charge in [-0.3, -0.25) is 0 Å². The minimum atomic E-state index is -0.0614. The molecule has 1 aliphatic rings. The molecule has 0 aliphatic carbocycles. The highest BCUT2D eigenvalue weighted by Crippen LogP contribution is 2.33. The first-order chi connectivity index (χ1) is 8.26.